The van der Waals surface area contributed by atoms with Gasteiger partial charge in [0.05, 0.1) is 49.2 Å². The largest absolute Gasteiger partial charge is 0.379 e. The molecule has 3 rings (SSSR count). The van der Waals surface area contributed by atoms with E-state index in [0.29, 0.717) is 32.8 Å². The predicted octanol–water partition coefficient (Wildman–Crippen LogP) is 1.21. The molecular weight excluding hydrogens is 360 g/mol. The molecule has 154 valence electrons. The Kier molecular flexibility index (Phi) is 6.96. The van der Waals surface area contributed by atoms with Gasteiger partial charge in [0.25, 0.3) is 0 Å². The molecule has 0 bridgehead atoms. The molecule has 2 N–H and O–H groups in total. The molecule has 0 radical (unpaired) electrons. The summed E-state index contributed by atoms with van der Waals surface area (Å²) in [4.78, 5) is 33.5. The highest BCUT2D eigenvalue weighted by Gasteiger charge is 2.44. The van der Waals surface area contributed by atoms with Crippen LogP contribution >= 0.6 is 0 Å². The van der Waals surface area contributed by atoms with Gasteiger partial charge < -0.3 is 20.1 Å². The first-order valence-corrected chi connectivity index (χ1v) is 10.0. The van der Waals surface area contributed by atoms with Gasteiger partial charge in [-0.1, -0.05) is 6.92 Å². The SMILES string of the molecule is CCCO[C@@H]1CC[C@H](C(=O)NCc2cnccn2)C[C@H]1NC(=O)C1(C)COC1. The zero-order valence-electron chi connectivity index (χ0n) is 16.6. The Morgan fingerprint density at radius 1 is 1.32 bits per heavy atom. The van der Waals surface area contributed by atoms with Gasteiger partial charge in [0.15, 0.2) is 0 Å². The van der Waals surface area contributed by atoms with Crippen LogP contribution in [0.1, 0.15) is 45.2 Å². The van der Waals surface area contributed by atoms with Gasteiger partial charge in [-0.25, -0.2) is 0 Å². The highest BCUT2D eigenvalue weighted by molar-refractivity contribution is 5.84. The third-order valence-corrected chi connectivity index (χ3v) is 5.46. The molecule has 1 saturated heterocycles. The smallest absolute Gasteiger partial charge is 0.230 e. The summed E-state index contributed by atoms with van der Waals surface area (Å²) < 4.78 is 11.2. The minimum absolute atomic E-state index is 0.0166. The Hall–Kier alpha value is -2.06. The lowest BCUT2D eigenvalue weighted by Gasteiger charge is -2.41. The van der Waals surface area contributed by atoms with Crippen LogP contribution in [0.2, 0.25) is 0 Å². The number of hydrogen-bond donors (Lipinski definition) is 2. The number of aromatic nitrogens is 2. The van der Waals surface area contributed by atoms with Gasteiger partial charge in [0.1, 0.15) is 0 Å². The zero-order valence-corrected chi connectivity index (χ0v) is 16.6. The molecule has 1 aliphatic carbocycles. The number of ether oxygens (including phenoxy) is 2. The molecule has 0 aromatic carbocycles. The van der Waals surface area contributed by atoms with E-state index in [-0.39, 0.29) is 29.9 Å². The van der Waals surface area contributed by atoms with Gasteiger partial charge in [-0.2, -0.15) is 0 Å². The molecule has 28 heavy (non-hydrogen) atoms. The Balaban J connectivity index is 1.58. The van der Waals surface area contributed by atoms with Crippen LogP contribution in [0.3, 0.4) is 0 Å². The first-order valence-electron chi connectivity index (χ1n) is 10.0. The van der Waals surface area contributed by atoms with Crippen molar-refractivity contribution in [3.8, 4) is 0 Å². The fourth-order valence-electron chi connectivity index (χ4n) is 3.63. The summed E-state index contributed by atoms with van der Waals surface area (Å²) in [5, 5.41) is 6.07. The number of carbonyl (C=O) groups is 2. The van der Waals surface area contributed by atoms with Crippen molar-refractivity contribution in [2.24, 2.45) is 11.3 Å². The molecule has 3 atom stereocenters. The quantitative estimate of drug-likeness (QED) is 0.692. The van der Waals surface area contributed by atoms with Crippen molar-refractivity contribution in [2.75, 3.05) is 19.8 Å². The van der Waals surface area contributed by atoms with Crippen molar-refractivity contribution < 1.29 is 19.1 Å². The van der Waals surface area contributed by atoms with E-state index in [1.54, 1.807) is 18.6 Å². The molecule has 2 amide bonds. The molecule has 8 heteroatoms. The average molecular weight is 390 g/mol. The Morgan fingerprint density at radius 2 is 2.14 bits per heavy atom. The van der Waals surface area contributed by atoms with E-state index in [1.165, 1.54) is 0 Å². The third kappa shape index (κ3) is 5.05. The fourth-order valence-corrected chi connectivity index (χ4v) is 3.63. The molecule has 2 fully saturated rings. The molecule has 2 aliphatic rings. The van der Waals surface area contributed by atoms with Crippen molar-refractivity contribution in [2.45, 2.75) is 58.2 Å². The topological polar surface area (TPSA) is 102 Å². The number of hydrogen-bond acceptors (Lipinski definition) is 6. The minimum Gasteiger partial charge on any atom is -0.379 e. The Labute approximate surface area is 165 Å². The molecule has 1 aromatic rings. The zero-order chi connectivity index (χ0) is 20.0. The van der Waals surface area contributed by atoms with Crippen LogP contribution in [0.25, 0.3) is 0 Å². The minimum atomic E-state index is -0.476. The highest BCUT2D eigenvalue weighted by Crippen LogP contribution is 2.31. The van der Waals surface area contributed by atoms with Gasteiger partial charge in [-0.3, -0.25) is 19.6 Å². The summed E-state index contributed by atoms with van der Waals surface area (Å²) in [6.07, 6.45) is 7.78. The lowest BCUT2D eigenvalue weighted by molar-refractivity contribution is -0.160. The van der Waals surface area contributed by atoms with Crippen LogP contribution in [0, 0.1) is 11.3 Å². The summed E-state index contributed by atoms with van der Waals surface area (Å²) in [7, 11) is 0. The van der Waals surface area contributed by atoms with E-state index >= 15 is 0 Å². The second kappa shape index (κ2) is 9.43. The number of rotatable bonds is 8. The monoisotopic (exact) mass is 390 g/mol. The maximum atomic E-state index is 12.7. The van der Waals surface area contributed by atoms with Crippen molar-refractivity contribution in [1.82, 2.24) is 20.6 Å². The summed E-state index contributed by atoms with van der Waals surface area (Å²) >= 11 is 0. The van der Waals surface area contributed by atoms with Gasteiger partial charge in [0, 0.05) is 24.9 Å². The lowest BCUT2D eigenvalue weighted by Crippen LogP contribution is -2.58. The number of nitrogens with zero attached hydrogens (tertiary/aromatic N) is 2. The van der Waals surface area contributed by atoms with E-state index in [2.05, 4.69) is 27.5 Å². The molecule has 8 nitrogen and oxygen atoms in total. The van der Waals surface area contributed by atoms with Crippen molar-refractivity contribution in [3.63, 3.8) is 0 Å². The van der Waals surface area contributed by atoms with Crippen LogP contribution in [0.5, 0.6) is 0 Å². The van der Waals surface area contributed by atoms with Gasteiger partial charge in [0.2, 0.25) is 11.8 Å². The lowest BCUT2D eigenvalue weighted by atomic mass is 9.81. The fraction of sp³-hybridized carbons (Fsp3) is 0.700. The number of carbonyl (C=O) groups excluding carboxylic acids is 2. The summed E-state index contributed by atoms with van der Waals surface area (Å²) in [6.45, 7) is 5.85. The summed E-state index contributed by atoms with van der Waals surface area (Å²) in [5.41, 5.74) is 0.245. The molecule has 2 heterocycles. The first-order chi connectivity index (χ1) is 13.5. The average Bonchev–Trinajstić information content (AvgIpc) is 2.69. The maximum absolute atomic E-state index is 12.7. The van der Waals surface area contributed by atoms with E-state index in [1.807, 2.05) is 6.92 Å². The maximum Gasteiger partial charge on any atom is 0.230 e. The molecule has 1 aromatic heterocycles. The van der Waals surface area contributed by atoms with E-state index in [0.717, 1.165) is 25.0 Å². The first kappa shape index (κ1) is 20.7. The van der Waals surface area contributed by atoms with Gasteiger partial charge in [-0.05, 0) is 32.6 Å². The highest BCUT2D eigenvalue weighted by atomic mass is 16.5. The van der Waals surface area contributed by atoms with Crippen molar-refractivity contribution >= 4 is 11.8 Å². The molecule has 1 aliphatic heterocycles. The van der Waals surface area contributed by atoms with Gasteiger partial charge in [-0.15, -0.1) is 0 Å². The predicted molar refractivity (Wildman–Crippen MR) is 102 cm³/mol. The van der Waals surface area contributed by atoms with E-state index in [4.69, 9.17) is 9.47 Å². The number of nitrogens with one attached hydrogen (secondary N) is 2. The molecular formula is C20H30N4O4. The van der Waals surface area contributed by atoms with Crippen LogP contribution < -0.4 is 10.6 Å². The normalized spacial score (nSPS) is 26.1. The second-order valence-corrected chi connectivity index (χ2v) is 7.97. The van der Waals surface area contributed by atoms with Crippen LogP contribution in [0.15, 0.2) is 18.6 Å². The molecule has 0 unspecified atom stereocenters. The van der Waals surface area contributed by atoms with Gasteiger partial charge >= 0.3 is 0 Å². The summed E-state index contributed by atoms with van der Waals surface area (Å²) in [6, 6.07) is -0.169. The molecule has 0 spiro atoms. The van der Waals surface area contributed by atoms with Crippen molar-refractivity contribution in [1.29, 1.82) is 0 Å². The standard InChI is InChI=1S/C20H30N4O4/c1-3-8-28-17-5-4-14(18(25)23-11-15-10-21-6-7-22-15)9-16(17)24-19(26)20(2)12-27-13-20/h6-7,10,14,16-17H,3-5,8-9,11-13H2,1-2H3,(H,23,25)(H,24,26)/t14-,16+,17+/m0/s1. The van der Waals surface area contributed by atoms with Crippen molar-refractivity contribution in [3.05, 3.63) is 24.3 Å². The van der Waals surface area contributed by atoms with Crippen LogP contribution in [0.4, 0.5) is 0 Å². The third-order valence-electron chi connectivity index (χ3n) is 5.46. The van der Waals surface area contributed by atoms with Crippen LogP contribution in [-0.4, -0.2) is 53.7 Å². The Bertz CT molecular complexity index is 665. The number of amides is 2. The second-order valence-electron chi connectivity index (χ2n) is 7.97. The van der Waals surface area contributed by atoms with E-state index in [9.17, 15) is 9.59 Å². The van der Waals surface area contributed by atoms with E-state index < -0.39 is 5.41 Å². The summed E-state index contributed by atoms with van der Waals surface area (Å²) in [5.74, 6) is -0.194. The Morgan fingerprint density at radius 3 is 2.79 bits per heavy atom. The van der Waals surface area contributed by atoms with Crippen LogP contribution in [-0.2, 0) is 25.6 Å². The molecule has 1 saturated carbocycles.